The van der Waals surface area contributed by atoms with E-state index in [1.165, 1.54) is 4.68 Å². The van der Waals surface area contributed by atoms with E-state index in [0.29, 0.717) is 22.5 Å². The van der Waals surface area contributed by atoms with Gasteiger partial charge in [-0.1, -0.05) is 29.8 Å². The third kappa shape index (κ3) is 5.07. The van der Waals surface area contributed by atoms with Crippen LogP contribution in [-0.4, -0.2) is 28.4 Å². The molecule has 0 saturated carbocycles. The van der Waals surface area contributed by atoms with Gasteiger partial charge in [-0.2, -0.15) is 9.78 Å². The Hall–Kier alpha value is -2.27. The van der Waals surface area contributed by atoms with Crippen LogP contribution in [0.3, 0.4) is 0 Å². The number of carbonyl (C=O) groups excluding carboxylic acids is 1. The first-order valence-corrected chi connectivity index (χ1v) is 11.1. The zero-order valence-electron chi connectivity index (χ0n) is 16.4. The number of nitrogens with zero attached hydrogens (tertiary/aromatic N) is 3. The predicted molar refractivity (Wildman–Crippen MR) is 129 cm³/mol. The fourth-order valence-corrected chi connectivity index (χ4v) is 3.82. The summed E-state index contributed by atoms with van der Waals surface area (Å²) >= 11 is 5.52. The molecular weight excluding hydrogens is 563 g/mol. The monoisotopic (exact) mass is 582 g/mol. The molecule has 3 aromatic rings. The van der Waals surface area contributed by atoms with E-state index in [4.69, 9.17) is 15.5 Å². The van der Waals surface area contributed by atoms with Crippen molar-refractivity contribution in [3.05, 3.63) is 66.2 Å². The lowest BCUT2D eigenvalue weighted by molar-refractivity contribution is -0.119. The molecule has 0 aliphatic rings. The van der Waals surface area contributed by atoms with Crippen molar-refractivity contribution in [1.29, 1.82) is 0 Å². The SMILES string of the molecule is CC[C@@H](C)c1nc2ccc(Br)cc2c(=O)n1N=Cc1ccc(OCC(N)=O)c(I)c1. The molecule has 2 aromatic carbocycles. The number of fused-ring (bicyclic) bond motifs is 1. The fourth-order valence-electron chi connectivity index (χ4n) is 2.77. The molecule has 0 bridgehead atoms. The Labute approximate surface area is 195 Å². The molecule has 30 heavy (non-hydrogen) atoms. The first-order valence-electron chi connectivity index (χ1n) is 9.27. The second kappa shape index (κ2) is 9.69. The Morgan fingerprint density at radius 3 is 2.80 bits per heavy atom. The standard InChI is InChI=1S/C21H20BrIN4O3/c1-3-12(2)20-26-17-6-5-14(22)9-15(17)21(29)27(20)25-10-13-4-7-18(16(23)8-13)30-11-19(24)28/h4-10,12H,3,11H2,1-2H3,(H2,24,28)/t12-/m1/s1. The summed E-state index contributed by atoms with van der Waals surface area (Å²) in [5.41, 5.74) is 6.33. The zero-order chi connectivity index (χ0) is 21.8. The van der Waals surface area contributed by atoms with Crippen LogP contribution in [0.25, 0.3) is 10.9 Å². The average molecular weight is 583 g/mol. The topological polar surface area (TPSA) is 99.6 Å². The molecule has 2 N–H and O–H groups in total. The van der Waals surface area contributed by atoms with Crippen molar-refractivity contribution < 1.29 is 9.53 Å². The van der Waals surface area contributed by atoms with E-state index in [0.717, 1.165) is 20.0 Å². The molecule has 9 heteroatoms. The minimum absolute atomic E-state index is 0.0626. The summed E-state index contributed by atoms with van der Waals surface area (Å²) in [6, 6.07) is 10.8. The number of ether oxygens (including phenoxy) is 1. The first kappa shape index (κ1) is 22.4. The highest BCUT2D eigenvalue weighted by Gasteiger charge is 2.15. The van der Waals surface area contributed by atoms with Gasteiger partial charge >= 0.3 is 0 Å². The normalized spacial score (nSPS) is 12.4. The quantitative estimate of drug-likeness (QED) is 0.336. The summed E-state index contributed by atoms with van der Waals surface area (Å²) in [6.45, 7) is 3.88. The molecule has 1 aromatic heterocycles. The summed E-state index contributed by atoms with van der Waals surface area (Å²) in [7, 11) is 0. The van der Waals surface area contributed by atoms with E-state index in [9.17, 15) is 9.59 Å². The molecule has 0 aliphatic heterocycles. The van der Waals surface area contributed by atoms with E-state index >= 15 is 0 Å². The highest BCUT2D eigenvalue weighted by molar-refractivity contribution is 14.1. The summed E-state index contributed by atoms with van der Waals surface area (Å²) in [4.78, 5) is 28.7. The summed E-state index contributed by atoms with van der Waals surface area (Å²) in [6.07, 6.45) is 2.44. The molecular formula is C21H20BrIN4O3. The predicted octanol–water partition coefficient (Wildman–Crippen LogP) is 4.02. The number of rotatable bonds is 7. The van der Waals surface area contributed by atoms with Crippen molar-refractivity contribution >= 4 is 61.5 Å². The Balaban J connectivity index is 2.02. The largest absolute Gasteiger partial charge is 0.483 e. The van der Waals surface area contributed by atoms with E-state index in [-0.39, 0.29) is 18.1 Å². The zero-order valence-corrected chi connectivity index (χ0v) is 20.2. The van der Waals surface area contributed by atoms with E-state index in [1.807, 2.05) is 32.0 Å². The minimum atomic E-state index is -0.538. The maximum Gasteiger partial charge on any atom is 0.282 e. The highest BCUT2D eigenvalue weighted by atomic mass is 127. The molecule has 0 fully saturated rings. The van der Waals surface area contributed by atoms with Crippen LogP contribution in [0, 0.1) is 3.57 Å². The van der Waals surface area contributed by atoms with Crippen LogP contribution in [0.15, 0.2) is 50.8 Å². The van der Waals surface area contributed by atoms with Gasteiger partial charge in [0.2, 0.25) is 0 Å². The Morgan fingerprint density at radius 2 is 2.13 bits per heavy atom. The number of halogens is 2. The lowest BCUT2D eigenvalue weighted by atomic mass is 10.1. The molecule has 3 rings (SSSR count). The number of primary amides is 1. The molecule has 156 valence electrons. The van der Waals surface area contributed by atoms with E-state index in [1.54, 1.807) is 24.4 Å². The van der Waals surface area contributed by atoms with Crippen LogP contribution in [0.4, 0.5) is 0 Å². The molecule has 0 saturated heterocycles. The molecule has 1 atom stereocenters. The molecule has 1 heterocycles. The van der Waals surface area contributed by atoms with Gasteiger partial charge in [-0.15, -0.1) is 0 Å². The van der Waals surface area contributed by atoms with Crippen LogP contribution in [0.5, 0.6) is 5.75 Å². The molecule has 0 aliphatic carbocycles. The molecule has 0 unspecified atom stereocenters. The maximum atomic E-state index is 13.1. The van der Waals surface area contributed by atoms with Crippen molar-refractivity contribution in [2.45, 2.75) is 26.2 Å². The number of carbonyl (C=O) groups is 1. The highest BCUT2D eigenvalue weighted by Crippen LogP contribution is 2.23. The second-order valence-corrected chi connectivity index (χ2v) is 8.83. The van der Waals surface area contributed by atoms with Gasteiger partial charge in [0.1, 0.15) is 11.6 Å². The smallest absolute Gasteiger partial charge is 0.282 e. The van der Waals surface area contributed by atoms with Crippen molar-refractivity contribution in [3.8, 4) is 5.75 Å². The third-order valence-corrected chi connectivity index (χ3v) is 5.87. The summed E-state index contributed by atoms with van der Waals surface area (Å²) in [5, 5.41) is 4.95. The second-order valence-electron chi connectivity index (χ2n) is 6.75. The van der Waals surface area contributed by atoms with Crippen molar-refractivity contribution in [2.75, 3.05) is 6.61 Å². The fraction of sp³-hybridized carbons (Fsp3) is 0.238. The van der Waals surface area contributed by atoms with E-state index in [2.05, 4.69) is 43.6 Å². The summed E-state index contributed by atoms with van der Waals surface area (Å²) in [5.74, 6) is 0.697. The van der Waals surface area contributed by atoms with E-state index < -0.39 is 5.91 Å². The lowest BCUT2D eigenvalue weighted by Crippen LogP contribution is -2.23. The lowest BCUT2D eigenvalue weighted by Gasteiger charge is -2.14. The third-order valence-electron chi connectivity index (χ3n) is 4.53. The molecule has 1 amide bonds. The maximum absolute atomic E-state index is 13.1. The summed E-state index contributed by atoms with van der Waals surface area (Å²) < 4.78 is 8.34. The van der Waals surface area contributed by atoms with Crippen molar-refractivity contribution in [2.24, 2.45) is 10.8 Å². The van der Waals surface area contributed by atoms with Crippen LogP contribution in [-0.2, 0) is 4.79 Å². The Bertz CT molecular complexity index is 1190. The van der Waals surface area contributed by atoms with Gasteiger partial charge in [0.15, 0.2) is 6.61 Å². The van der Waals surface area contributed by atoms with Gasteiger partial charge in [-0.25, -0.2) is 4.98 Å². The number of nitrogens with two attached hydrogens (primary N) is 1. The van der Waals surface area contributed by atoms with Gasteiger partial charge in [-0.05, 0) is 71.0 Å². The Kier molecular flexibility index (Phi) is 7.24. The van der Waals surface area contributed by atoms with Crippen LogP contribution in [0.1, 0.15) is 37.6 Å². The first-order chi connectivity index (χ1) is 14.3. The Morgan fingerprint density at radius 1 is 1.37 bits per heavy atom. The number of amides is 1. The van der Waals surface area contributed by atoms with Gasteiger partial charge in [0, 0.05) is 10.4 Å². The number of hydrogen-bond acceptors (Lipinski definition) is 5. The van der Waals surface area contributed by atoms with Crippen LogP contribution < -0.4 is 16.0 Å². The van der Waals surface area contributed by atoms with Gasteiger partial charge < -0.3 is 10.5 Å². The number of aromatic nitrogens is 2. The minimum Gasteiger partial charge on any atom is -0.483 e. The number of benzene rings is 2. The van der Waals surface area contributed by atoms with Crippen molar-refractivity contribution in [1.82, 2.24) is 9.66 Å². The van der Waals surface area contributed by atoms with Crippen LogP contribution >= 0.6 is 38.5 Å². The van der Waals surface area contributed by atoms with Gasteiger partial charge in [0.05, 0.1) is 20.7 Å². The van der Waals surface area contributed by atoms with Gasteiger partial charge in [0.25, 0.3) is 11.5 Å². The van der Waals surface area contributed by atoms with Gasteiger partial charge in [-0.3, -0.25) is 9.59 Å². The molecule has 0 spiro atoms. The molecule has 0 radical (unpaired) electrons. The van der Waals surface area contributed by atoms with Crippen molar-refractivity contribution in [3.63, 3.8) is 0 Å². The number of hydrogen-bond donors (Lipinski definition) is 1. The average Bonchev–Trinajstić information content (AvgIpc) is 2.72. The molecule has 7 nitrogen and oxygen atoms in total. The van der Waals surface area contributed by atoms with Crippen LogP contribution in [0.2, 0.25) is 0 Å².